The number of hydrogen-bond donors (Lipinski definition) is 0. The van der Waals surface area contributed by atoms with Gasteiger partial charge in [-0.3, -0.25) is 0 Å². The molecule has 0 bridgehead atoms. The maximum absolute atomic E-state index is 6.62. The Kier molecular flexibility index (Phi) is 25.3. The molecule has 0 amide bonds. The van der Waals surface area contributed by atoms with Crippen LogP contribution in [0.25, 0.3) is 0 Å². The van der Waals surface area contributed by atoms with Crippen LogP contribution in [0.15, 0.2) is 133 Å². The van der Waals surface area contributed by atoms with Crippen LogP contribution in [0.2, 0.25) is 45.8 Å². The molecule has 68 heavy (non-hydrogen) atoms. The number of ether oxygens (including phenoxy) is 2. The van der Waals surface area contributed by atoms with E-state index in [0.29, 0.717) is 5.92 Å². The molecule has 0 fully saturated rings. The van der Waals surface area contributed by atoms with E-state index in [1.165, 1.54) is 28.7 Å². The average molecular weight is 1020 g/mol. The van der Waals surface area contributed by atoms with Crippen molar-refractivity contribution in [1.29, 1.82) is 0 Å². The maximum Gasteiger partial charge on any atom is 0.360 e. The van der Waals surface area contributed by atoms with Gasteiger partial charge in [0.2, 0.25) is 0 Å². The molecule has 5 aromatic rings. The minimum atomic E-state index is -2.50. The monoisotopic (exact) mass is 1020 g/mol. The van der Waals surface area contributed by atoms with Crippen LogP contribution in [0.3, 0.4) is 0 Å². The normalized spacial score (nSPS) is 15.4. The second-order valence-corrected chi connectivity index (χ2v) is 37.5. The van der Waals surface area contributed by atoms with E-state index in [1.54, 1.807) is 49.8 Å². The highest BCUT2D eigenvalue weighted by atomic mass is 28.5. The summed E-state index contributed by atoms with van der Waals surface area (Å²) < 4.78 is 52.1. The molecule has 0 spiro atoms. The van der Waals surface area contributed by atoms with Crippen molar-refractivity contribution in [3.05, 3.63) is 156 Å². The van der Waals surface area contributed by atoms with Crippen LogP contribution in [-0.4, -0.2) is 92.3 Å². The zero-order valence-electron chi connectivity index (χ0n) is 45.1. The van der Waals surface area contributed by atoms with Crippen LogP contribution in [0.4, 0.5) is 0 Å². The minimum Gasteiger partial charge on any atom is -0.497 e. The van der Waals surface area contributed by atoms with Crippen molar-refractivity contribution >= 4 is 52.9 Å². The quantitative estimate of drug-likeness (QED) is 0.0751. The summed E-state index contributed by atoms with van der Waals surface area (Å²) in [5, 5.41) is 2.22. The minimum absolute atomic E-state index is 0.272. The van der Waals surface area contributed by atoms with Crippen LogP contribution < -0.4 is 19.8 Å². The number of hydrogen-bond acceptors (Lipinski definition) is 9. The van der Waals surface area contributed by atoms with Gasteiger partial charge in [-0.15, -0.1) is 0 Å². The van der Waals surface area contributed by atoms with E-state index in [0.717, 1.165) is 34.0 Å². The van der Waals surface area contributed by atoms with E-state index < -0.39 is 42.6 Å². The largest absolute Gasteiger partial charge is 0.497 e. The van der Waals surface area contributed by atoms with Gasteiger partial charge in [-0.1, -0.05) is 144 Å². The van der Waals surface area contributed by atoms with Gasteiger partial charge in [0.05, 0.1) is 14.2 Å². The highest BCUT2D eigenvalue weighted by Crippen LogP contribution is 2.27. The van der Waals surface area contributed by atoms with Crippen molar-refractivity contribution < 1.29 is 39.8 Å². The third-order valence-corrected chi connectivity index (χ3v) is 27.9. The first kappa shape index (κ1) is 60.6. The molecule has 0 aliphatic rings. The van der Waals surface area contributed by atoms with Gasteiger partial charge in [0.15, 0.2) is 8.32 Å². The van der Waals surface area contributed by atoms with Crippen LogP contribution in [-0.2, 0) is 47.9 Å². The molecule has 0 radical (unpaired) electrons. The van der Waals surface area contributed by atoms with Crippen molar-refractivity contribution in [2.24, 2.45) is 0 Å². The summed E-state index contributed by atoms with van der Waals surface area (Å²) in [4.78, 5) is 0. The van der Waals surface area contributed by atoms with Gasteiger partial charge in [-0.2, -0.15) is 0 Å². The zero-order valence-corrected chi connectivity index (χ0v) is 50.1. The first-order valence-electron chi connectivity index (χ1n) is 23.5. The van der Waals surface area contributed by atoms with E-state index in [2.05, 4.69) is 153 Å². The predicted octanol–water partition coefficient (Wildman–Crippen LogP) is 12.2. The van der Waals surface area contributed by atoms with E-state index in [-0.39, 0.29) is 5.41 Å². The molecule has 5 aromatic carbocycles. The van der Waals surface area contributed by atoms with E-state index in [9.17, 15) is 0 Å². The molecule has 0 N–H and O–H groups in total. The third kappa shape index (κ3) is 20.5. The molecular formula is C54H86O9Si5. The van der Waals surface area contributed by atoms with Crippen molar-refractivity contribution in [3.8, 4) is 11.5 Å². The Hall–Kier alpha value is -3.50. The molecule has 5 unspecified atom stereocenters. The Morgan fingerprint density at radius 2 is 0.794 bits per heavy atom. The number of rotatable bonds is 19. The van der Waals surface area contributed by atoms with Gasteiger partial charge >= 0.3 is 34.2 Å². The molecular weight excluding hydrogens is 933 g/mol. The second kappa shape index (κ2) is 28.4. The third-order valence-electron chi connectivity index (χ3n) is 12.0. The summed E-state index contributed by atoms with van der Waals surface area (Å²) in [5.74, 6) is 2.37. The van der Waals surface area contributed by atoms with E-state index in [4.69, 9.17) is 39.8 Å². The molecule has 5 rings (SSSR count). The van der Waals surface area contributed by atoms with Gasteiger partial charge in [0.1, 0.15) is 11.5 Å². The zero-order chi connectivity index (χ0) is 51.2. The van der Waals surface area contributed by atoms with Crippen LogP contribution >= 0.6 is 0 Å². The lowest BCUT2D eigenvalue weighted by Gasteiger charge is -2.35. The van der Waals surface area contributed by atoms with Gasteiger partial charge in [-0.25, -0.2) is 0 Å². The standard InChI is InChI=1S/C20H30O5Si2.C16H22O3Si2.C14H22.C4H12OSi/c1-21-19-11-7-17(8-12-19)15-26(5,23-3)25-27(6,24-4)16-18-9-13-20(22-2)14-10-18;1-17-20(3,15-11-7-5-8-12-15)19-21(4,18-2)16-13-9-6-10-14-16;1-6-11(2)12-7-9-13(10-8-12)14(3,4)5;1-5-6(2,3)4/h7-14H,15-16H2,1-6H3;5-14H,1-4H3;7-11H,6H2,1-5H3;1-4H3. The number of methoxy groups -OCH3 is 2. The molecule has 0 saturated heterocycles. The first-order chi connectivity index (χ1) is 31.9. The van der Waals surface area contributed by atoms with Gasteiger partial charge in [0.25, 0.3) is 0 Å². The van der Waals surface area contributed by atoms with Crippen molar-refractivity contribution in [1.82, 2.24) is 0 Å². The fourth-order valence-electron chi connectivity index (χ4n) is 6.82. The lowest BCUT2D eigenvalue weighted by molar-refractivity contribution is 0.239. The molecule has 0 aliphatic carbocycles. The van der Waals surface area contributed by atoms with Crippen molar-refractivity contribution in [2.75, 3.05) is 49.8 Å². The highest BCUT2D eigenvalue weighted by molar-refractivity contribution is 6.92. The summed E-state index contributed by atoms with van der Waals surface area (Å²) in [6.45, 7) is 26.1. The summed E-state index contributed by atoms with van der Waals surface area (Å²) >= 11 is 0. The maximum atomic E-state index is 6.62. The van der Waals surface area contributed by atoms with Gasteiger partial charge < -0.3 is 39.8 Å². The van der Waals surface area contributed by atoms with Crippen LogP contribution in [0.1, 0.15) is 69.2 Å². The Labute approximate surface area is 417 Å². The Morgan fingerprint density at radius 3 is 1.06 bits per heavy atom. The van der Waals surface area contributed by atoms with Crippen LogP contribution in [0, 0.1) is 0 Å². The SMILES string of the molecule is CCC(C)c1ccc(C(C)(C)C)cc1.CO[Si](C)(C)C.CO[Si](C)(O[Si](C)(OC)c1ccccc1)c1ccccc1.COc1ccc(C[Si](C)(OC)O[Si](C)(Cc2ccc(OC)cc2)OC)cc1. The topological polar surface area (TPSA) is 83.1 Å². The van der Waals surface area contributed by atoms with Crippen molar-refractivity contribution in [3.63, 3.8) is 0 Å². The Morgan fingerprint density at radius 1 is 0.441 bits per heavy atom. The summed E-state index contributed by atoms with van der Waals surface area (Å²) in [6.07, 6.45) is 1.22. The second-order valence-electron chi connectivity index (χ2n) is 19.5. The Balaban J connectivity index is 0.000000343. The Bertz CT molecular complexity index is 2010. The fourth-order valence-corrected chi connectivity index (χ4v) is 20.6. The highest BCUT2D eigenvalue weighted by Gasteiger charge is 2.45. The molecule has 376 valence electrons. The summed E-state index contributed by atoms with van der Waals surface area (Å²) in [5.41, 5.74) is 5.49. The van der Waals surface area contributed by atoms with Gasteiger partial charge in [0, 0.05) is 47.6 Å². The van der Waals surface area contributed by atoms with E-state index in [1.807, 2.05) is 60.7 Å². The smallest absolute Gasteiger partial charge is 0.360 e. The molecule has 0 saturated carbocycles. The molecule has 5 atom stereocenters. The lowest BCUT2D eigenvalue weighted by Crippen LogP contribution is -2.63. The summed E-state index contributed by atoms with van der Waals surface area (Å²) in [6, 6.07) is 46.9. The van der Waals surface area contributed by atoms with Crippen molar-refractivity contribution in [2.45, 2.75) is 110 Å². The molecule has 0 aromatic heterocycles. The average Bonchev–Trinajstić information content (AvgIpc) is 3.34. The fraction of sp³-hybridized carbons (Fsp3) is 0.444. The van der Waals surface area contributed by atoms with E-state index >= 15 is 0 Å². The molecule has 14 heteroatoms. The number of benzene rings is 5. The molecule has 0 aliphatic heterocycles. The first-order valence-corrected chi connectivity index (χ1v) is 36.6. The lowest BCUT2D eigenvalue weighted by atomic mass is 9.85. The molecule has 9 nitrogen and oxygen atoms in total. The van der Waals surface area contributed by atoms with Crippen LogP contribution in [0.5, 0.6) is 11.5 Å². The molecule has 0 heterocycles. The summed E-state index contributed by atoms with van der Waals surface area (Å²) in [7, 11) is 0.966. The predicted molar refractivity (Wildman–Crippen MR) is 296 cm³/mol. The van der Waals surface area contributed by atoms with Gasteiger partial charge in [-0.05, 0) is 120 Å².